The number of thiazole rings is 1. The molecule has 2 aliphatic rings. The highest BCUT2D eigenvalue weighted by molar-refractivity contribution is 7.11. The first-order valence-corrected chi connectivity index (χ1v) is 11.5. The Bertz CT molecular complexity index is 910. The second kappa shape index (κ2) is 8.75. The molecule has 0 bridgehead atoms. The number of hydrogen-bond acceptors (Lipinski definition) is 5. The van der Waals surface area contributed by atoms with Gasteiger partial charge in [-0.1, -0.05) is 13.3 Å². The minimum atomic E-state index is -0.796. The Morgan fingerprint density at radius 3 is 2.83 bits per heavy atom. The summed E-state index contributed by atoms with van der Waals surface area (Å²) in [7, 11) is 0. The predicted molar refractivity (Wildman–Crippen MR) is 115 cm³/mol. The van der Waals surface area contributed by atoms with Gasteiger partial charge in [0.25, 0.3) is 0 Å². The van der Waals surface area contributed by atoms with Crippen LogP contribution in [0, 0.1) is 12.8 Å². The second-order valence-electron chi connectivity index (χ2n) is 8.61. The van der Waals surface area contributed by atoms with Crippen LogP contribution in [-0.4, -0.2) is 49.3 Å². The molecule has 8 nitrogen and oxygen atoms in total. The van der Waals surface area contributed by atoms with Crippen molar-refractivity contribution in [1.82, 2.24) is 20.1 Å². The van der Waals surface area contributed by atoms with Gasteiger partial charge in [0.05, 0.1) is 11.4 Å². The lowest BCUT2D eigenvalue weighted by atomic mass is 10.0. The number of nitrogens with one attached hydrogen (secondary N) is 2. The van der Waals surface area contributed by atoms with Crippen LogP contribution in [0.3, 0.4) is 0 Å². The number of nitrogens with zero attached hydrogens (tertiary/aromatic N) is 3. The SMILES string of the molecule is Cc1ncc(CC(=O)Nc2cc([C@H]3CC[C@@H](N(C(=O)O)[C@@H]4CCC[C@@H]4C)C3)[nH]n2)s1. The summed E-state index contributed by atoms with van der Waals surface area (Å²) in [6.07, 6.45) is 6.98. The van der Waals surface area contributed by atoms with Gasteiger partial charge in [0.2, 0.25) is 5.91 Å². The normalized spacial score (nSPS) is 26.1. The fraction of sp³-hybridized carbons (Fsp3) is 0.619. The number of H-pyrrole nitrogens is 1. The molecular weight excluding hydrogens is 402 g/mol. The maximum Gasteiger partial charge on any atom is 0.407 e. The van der Waals surface area contributed by atoms with Crippen molar-refractivity contribution in [3.63, 3.8) is 0 Å². The first-order chi connectivity index (χ1) is 14.4. The van der Waals surface area contributed by atoms with Crippen molar-refractivity contribution in [2.75, 3.05) is 5.32 Å². The fourth-order valence-corrected chi connectivity index (χ4v) is 5.84. The molecular formula is C21H29N5O3S. The third kappa shape index (κ3) is 4.50. The van der Waals surface area contributed by atoms with E-state index in [4.69, 9.17) is 0 Å². The molecule has 2 aromatic heterocycles. The van der Waals surface area contributed by atoms with E-state index in [1.165, 1.54) is 11.3 Å². The summed E-state index contributed by atoms with van der Waals surface area (Å²) in [6, 6.07) is 2.07. The van der Waals surface area contributed by atoms with Crippen molar-refractivity contribution in [2.45, 2.75) is 76.8 Å². The van der Waals surface area contributed by atoms with Gasteiger partial charge in [-0.25, -0.2) is 9.78 Å². The van der Waals surface area contributed by atoms with E-state index in [1.54, 1.807) is 11.1 Å². The number of carbonyl (C=O) groups excluding carboxylic acids is 1. The van der Waals surface area contributed by atoms with E-state index in [0.717, 1.165) is 54.1 Å². The van der Waals surface area contributed by atoms with Gasteiger partial charge in [-0.3, -0.25) is 9.89 Å². The minimum absolute atomic E-state index is 0.0500. The Hall–Kier alpha value is -2.42. The van der Waals surface area contributed by atoms with E-state index in [1.807, 2.05) is 13.0 Å². The smallest absolute Gasteiger partial charge is 0.407 e. The van der Waals surface area contributed by atoms with E-state index >= 15 is 0 Å². The molecule has 0 radical (unpaired) electrons. The maximum absolute atomic E-state index is 12.3. The first-order valence-electron chi connectivity index (χ1n) is 10.7. The van der Waals surface area contributed by atoms with Crippen LogP contribution < -0.4 is 5.32 Å². The summed E-state index contributed by atoms with van der Waals surface area (Å²) < 4.78 is 0. The molecule has 2 heterocycles. The van der Waals surface area contributed by atoms with Gasteiger partial charge in [0.1, 0.15) is 0 Å². The van der Waals surface area contributed by atoms with E-state index in [2.05, 4.69) is 27.4 Å². The quantitative estimate of drug-likeness (QED) is 0.636. The van der Waals surface area contributed by atoms with Gasteiger partial charge in [0, 0.05) is 40.8 Å². The Morgan fingerprint density at radius 1 is 1.33 bits per heavy atom. The zero-order valence-corrected chi connectivity index (χ0v) is 18.2. The zero-order valence-electron chi connectivity index (χ0n) is 17.4. The highest BCUT2D eigenvalue weighted by atomic mass is 32.1. The molecule has 9 heteroatoms. The summed E-state index contributed by atoms with van der Waals surface area (Å²) in [6.45, 7) is 4.08. The first kappa shape index (κ1) is 20.8. The van der Waals surface area contributed by atoms with E-state index < -0.39 is 6.09 Å². The number of aryl methyl sites for hydroxylation is 1. The van der Waals surface area contributed by atoms with Crippen LogP contribution in [0.1, 0.15) is 66.9 Å². The van der Waals surface area contributed by atoms with Gasteiger partial charge in [0.15, 0.2) is 5.82 Å². The van der Waals surface area contributed by atoms with E-state index in [-0.39, 0.29) is 30.3 Å². The van der Waals surface area contributed by atoms with Gasteiger partial charge in [-0.2, -0.15) is 5.10 Å². The lowest BCUT2D eigenvalue weighted by molar-refractivity contribution is -0.115. The highest BCUT2D eigenvalue weighted by Crippen LogP contribution is 2.40. The molecule has 30 heavy (non-hydrogen) atoms. The summed E-state index contributed by atoms with van der Waals surface area (Å²) >= 11 is 1.52. The number of anilines is 1. The second-order valence-corrected chi connectivity index (χ2v) is 9.93. The average Bonchev–Trinajstić information content (AvgIpc) is 3.45. The van der Waals surface area contributed by atoms with Gasteiger partial charge in [-0.05, 0) is 44.9 Å². The fourth-order valence-electron chi connectivity index (χ4n) is 5.04. The van der Waals surface area contributed by atoms with E-state index in [9.17, 15) is 14.7 Å². The highest BCUT2D eigenvalue weighted by Gasteiger charge is 2.40. The molecule has 4 rings (SSSR count). The number of hydrogen-bond donors (Lipinski definition) is 3. The van der Waals surface area contributed by atoms with Crippen LogP contribution in [0.5, 0.6) is 0 Å². The zero-order chi connectivity index (χ0) is 21.3. The summed E-state index contributed by atoms with van der Waals surface area (Å²) in [5, 5.41) is 20.9. The minimum Gasteiger partial charge on any atom is -0.465 e. The van der Waals surface area contributed by atoms with Crippen molar-refractivity contribution in [3.05, 3.63) is 27.8 Å². The number of aromatic amines is 1. The third-order valence-corrected chi connectivity index (χ3v) is 7.41. The lowest BCUT2D eigenvalue weighted by Crippen LogP contribution is -2.46. The molecule has 4 atom stereocenters. The largest absolute Gasteiger partial charge is 0.465 e. The summed E-state index contributed by atoms with van der Waals surface area (Å²) in [5.41, 5.74) is 0.964. The van der Waals surface area contributed by atoms with Crippen LogP contribution in [0.15, 0.2) is 12.3 Å². The van der Waals surface area contributed by atoms with Gasteiger partial charge in [-0.15, -0.1) is 11.3 Å². The molecule has 0 aromatic carbocycles. The molecule has 0 aliphatic heterocycles. The molecule has 0 saturated heterocycles. The van der Waals surface area contributed by atoms with Crippen molar-refractivity contribution >= 4 is 29.2 Å². The van der Waals surface area contributed by atoms with E-state index in [0.29, 0.717) is 11.7 Å². The van der Waals surface area contributed by atoms with Crippen LogP contribution >= 0.6 is 11.3 Å². The molecule has 2 aliphatic carbocycles. The van der Waals surface area contributed by atoms with Gasteiger partial charge >= 0.3 is 6.09 Å². The number of aromatic nitrogens is 3. The topological polar surface area (TPSA) is 111 Å². The monoisotopic (exact) mass is 431 g/mol. The molecule has 2 fully saturated rings. The number of amides is 2. The van der Waals surface area contributed by atoms with Crippen molar-refractivity contribution in [1.29, 1.82) is 0 Å². The number of rotatable bonds is 6. The lowest BCUT2D eigenvalue weighted by Gasteiger charge is -2.34. The van der Waals surface area contributed by atoms with Crippen LogP contribution in [-0.2, 0) is 11.2 Å². The molecule has 162 valence electrons. The number of carbonyl (C=O) groups is 2. The Balaban J connectivity index is 1.36. The van der Waals surface area contributed by atoms with Crippen molar-refractivity contribution in [3.8, 4) is 0 Å². The molecule has 0 spiro atoms. The van der Waals surface area contributed by atoms with Crippen LogP contribution in [0.4, 0.5) is 10.6 Å². The molecule has 2 amide bonds. The predicted octanol–water partition coefficient (Wildman–Crippen LogP) is 4.16. The molecule has 2 aromatic rings. The Kier molecular flexibility index (Phi) is 6.08. The number of carboxylic acid groups (broad SMARTS) is 1. The maximum atomic E-state index is 12.3. The summed E-state index contributed by atoms with van der Waals surface area (Å²) in [4.78, 5) is 31.1. The molecule has 2 saturated carbocycles. The Labute approximate surface area is 180 Å². The van der Waals surface area contributed by atoms with Crippen LogP contribution in [0.2, 0.25) is 0 Å². The van der Waals surface area contributed by atoms with Crippen molar-refractivity contribution < 1.29 is 14.7 Å². The summed E-state index contributed by atoms with van der Waals surface area (Å²) in [5.74, 6) is 1.06. The average molecular weight is 432 g/mol. The third-order valence-electron chi connectivity index (χ3n) is 6.50. The standard InChI is InChI=1S/C21H29N5O3S/c1-12-4-3-5-18(12)26(21(28)29)15-7-6-14(8-15)17-10-19(25-24-17)23-20(27)9-16-11-22-13(2)30-16/h10-12,14-15,18H,3-9H2,1-2H3,(H,28,29)(H2,23,24,25,27)/t12-,14-,15+,18+/m0/s1. The Morgan fingerprint density at radius 2 is 2.17 bits per heavy atom. The van der Waals surface area contributed by atoms with Gasteiger partial charge < -0.3 is 15.3 Å². The molecule has 0 unspecified atom stereocenters. The van der Waals surface area contributed by atoms with Crippen molar-refractivity contribution in [2.24, 2.45) is 5.92 Å². The van der Waals surface area contributed by atoms with Crippen LogP contribution in [0.25, 0.3) is 0 Å². The molecule has 3 N–H and O–H groups in total.